The highest BCUT2D eigenvalue weighted by atomic mass is 35.5. The molecular weight excluding hydrogens is 330 g/mol. The van der Waals surface area contributed by atoms with Crippen LogP contribution in [-0.4, -0.2) is 42.7 Å². The zero-order valence-corrected chi connectivity index (χ0v) is 16.5. The van der Waals surface area contributed by atoms with E-state index in [0.717, 1.165) is 18.4 Å². The molecule has 6 heteroatoms. The predicted octanol–water partition coefficient (Wildman–Crippen LogP) is 4.26. The lowest BCUT2D eigenvalue weighted by Crippen LogP contribution is -2.58. The maximum Gasteiger partial charge on any atom is 0.203 e. The molecular formula is C18H30ClNO4. The van der Waals surface area contributed by atoms with Gasteiger partial charge in [-0.3, -0.25) is 0 Å². The summed E-state index contributed by atoms with van der Waals surface area (Å²) in [6.45, 7) is 8.27. The van der Waals surface area contributed by atoms with Gasteiger partial charge in [0.2, 0.25) is 5.75 Å². The fraction of sp³-hybridized carbons (Fsp3) is 0.667. The fourth-order valence-corrected chi connectivity index (χ4v) is 3.84. The van der Waals surface area contributed by atoms with Gasteiger partial charge < -0.3 is 19.4 Å². The Kier molecular flexibility index (Phi) is 6.42. The molecule has 0 amide bonds. The highest BCUT2D eigenvalue weighted by Gasteiger charge is 2.45. The molecule has 24 heavy (non-hydrogen) atoms. The van der Waals surface area contributed by atoms with Gasteiger partial charge in [0.25, 0.3) is 0 Å². The maximum atomic E-state index is 10.5. The Bertz CT molecular complexity index is 531. The van der Waals surface area contributed by atoms with Crippen LogP contribution in [0, 0.1) is 0 Å². The maximum absolute atomic E-state index is 10.5. The summed E-state index contributed by atoms with van der Waals surface area (Å²) in [5, 5.41) is 12.0. The largest absolute Gasteiger partial charge is 0.493 e. The summed E-state index contributed by atoms with van der Waals surface area (Å²) in [6, 6.07) is 4.04. The second-order valence-corrected chi connectivity index (χ2v) is 7.50. The summed E-state index contributed by atoms with van der Waals surface area (Å²) in [6.07, 6.45) is 1.71. The monoisotopic (exact) mass is 359 g/mol. The normalized spacial score (nSPS) is 20.2. The van der Waals surface area contributed by atoms with E-state index >= 15 is 0 Å². The van der Waals surface area contributed by atoms with Crippen LogP contribution in [0.5, 0.6) is 17.2 Å². The van der Waals surface area contributed by atoms with E-state index in [1.165, 1.54) is 5.06 Å². The van der Waals surface area contributed by atoms with Crippen molar-refractivity contribution < 1.29 is 19.4 Å². The number of halogens is 1. The van der Waals surface area contributed by atoms with E-state index in [1.54, 1.807) is 21.3 Å². The molecule has 1 aromatic rings. The van der Waals surface area contributed by atoms with Crippen molar-refractivity contribution in [2.24, 2.45) is 0 Å². The summed E-state index contributed by atoms with van der Waals surface area (Å²) in [4.78, 5) is 0. The van der Waals surface area contributed by atoms with Crippen molar-refractivity contribution in [2.75, 3.05) is 21.3 Å². The van der Waals surface area contributed by atoms with Crippen molar-refractivity contribution in [2.45, 2.75) is 57.5 Å². The number of methoxy groups -OCH3 is 3. The van der Waals surface area contributed by atoms with E-state index in [4.69, 9.17) is 14.2 Å². The summed E-state index contributed by atoms with van der Waals surface area (Å²) in [5.41, 5.74) is 0.549. The first kappa shape index (κ1) is 20.9. The summed E-state index contributed by atoms with van der Waals surface area (Å²) >= 11 is 0. The van der Waals surface area contributed by atoms with Crippen molar-refractivity contribution in [3.05, 3.63) is 17.7 Å². The lowest BCUT2D eigenvalue weighted by Gasteiger charge is -2.51. The van der Waals surface area contributed by atoms with E-state index in [1.807, 2.05) is 12.1 Å². The van der Waals surface area contributed by atoms with Gasteiger partial charge in [-0.1, -0.05) is 0 Å². The van der Waals surface area contributed by atoms with Crippen molar-refractivity contribution in [3.8, 4) is 17.2 Å². The molecule has 2 rings (SSSR count). The van der Waals surface area contributed by atoms with Crippen LogP contribution in [0.25, 0.3) is 0 Å². The van der Waals surface area contributed by atoms with E-state index < -0.39 is 0 Å². The molecule has 1 fully saturated rings. The molecule has 1 heterocycles. The third-order valence-electron chi connectivity index (χ3n) is 4.80. The molecule has 0 saturated carbocycles. The van der Waals surface area contributed by atoms with Crippen LogP contribution in [0.15, 0.2) is 12.1 Å². The standard InChI is InChI=1S/C18H29NO4.ClH/c1-17(2)10-13(11-18(3,4)19(17)20)12-8-14(21-5)16(23-7)15(9-12)22-6;/h8-9,13,20H,10-11H2,1-7H3;1H. The zero-order valence-electron chi connectivity index (χ0n) is 15.7. The van der Waals surface area contributed by atoms with Gasteiger partial charge in [0.15, 0.2) is 11.5 Å². The molecule has 1 aliphatic rings. The molecule has 1 aliphatic heterocycles. The van der Waals surface area contributed by atoms with Crippen molar-refractivity contribution >= 4 is 12.4 Å². The molecule has 0 atom stereocenters. The number of ether oxygens (including phenoxy) is 3. The zero-order chi connectivity index (χ0) is 17.4. The smallest absolute Gasteiger partial charge is 0.203 e. The molecule has 0 bridgehead atoms. The summed E-state index contributed by atoms with van der Waals surface area (Å²) < 4.78 is 16.3. The van der Waals surface area contributed by atoms with Crippen LogP contribution >= 0.6 is 12.4 Å². The lowest BCUT2D eigenvalue weighted by atomic mass is 9.72. The number of hydrogen-bond acceptors (Lipinski definition) is 5. The first-order chi connectivity index (χ1) is 10.7. The van der Waals surface area contributed by atoms with Crippen LogP contribution in [0.2, 0.25) is 0 Å². The van der Waals surface area contributed by atoms with Crippen LogP contribution in [0.4, 0.5) is 0 Å². The summed E-state index contributed by atoms with van der Waals surface area (Å²) in [7, 11) is 4.87. The van der Waals surface area contributed by atoms with Gasteiger partial charge in [-0.05, 0) is 64.2 Å². The van der Waals surface area contributed by atoms with Gasteiger partial charge in [-0.25, -0.2) is 0 Å². The Hall–Kier alpha value is -1.17. The molecule has 0 unspecified atom stereocenters. The van der Waals surface area contributed by atoms with Crippen molar-refractivity contribution in [3.63, 3.8) is 0 Å². The minimum atomic E-state index is -0.299. The minimum absolute atomic E-state index is 0. The molecule has 0 aliphatic carbocycles. The Labute approximate surface area is 151 Å². The molecule has 5 nitrogen and oxygen atoms in total. The first-order valence-electron chi connectivity index (χ1n) is 7.95. The molecule has 0 radical (unpaired) electrons. The van der Waals surface area contributed by atoms with E-state index in [9.17, 15) is 5.21 Å². The predicted molar refractivity (Wildman–Crippen MR) is 97.1 cm³/mol. The lowest BCUT2D eigenvalue weighted by molar-refractivity contribution is -0.245. The Morgan fingerprint density at radius 3 is 1.67 bits per heavy atom. The van der Waals surface area contributed by atoms with Crippen LogP contribution in [-0.2, 0) is 0 Å². The molecule has 1 saturated heterocycles. The Morgan fingerprint density at radius 1 is 0.917 bits per heavy atom. The summed E-state index contributed by atoms with van der Waals surface area (Å²) in [5.74, 6) is 2.25. The van der Waals surface area contributed by atoms with E-state index in [-0.39, 0.29) is 23.5 Å². The van der Waals surface area contributed by atoms with Crippen LogP contribution in [0.3, 0.4) is 0 Å². The van der Waals surface area contributed by atoms with E-state index in [0.29, 0.717) is 23.2 Å². The molecule has 1 N–H and O–H groups in total. The minimum Gasteiger partial charge on any atom is -0.493 e. The van der Waals surface area contributed by atoms with Crippen LogP contribution < -0.4 is 14.2 Å². The second-order valence-electron chi connectivity index (χ2n) is 7.50. The number of hydrogen-bond donors (Lipinski definition) is 1. The average molecular weight is 360 g/mol. The quantitative estimate of drug-likeness (QED) is 0.870. The van der Waals surface area contributed by atoms with Gasteiger partial charge in [0, 0.05) is 11.1 Å². The van der Waals surface area contributed by atoms with Gasteiger partial charge in [0.1, 0.15) is 0 Å². The van der Waals surface area contributed by atoms with Gasteiger partial charge in [0.05, 0.1) is 21.3 Å². The Morgan fingerprint density at radius 2 is 1.33 bits per heavy atom. The molecule has 0 spiro atoms. The van der Waals surface area contributed by atoms with Crippen molar-refractivity contribution in [1.29, 1.82) is 0 Å². The molecule has 0 aromatic heterocycles. The topological polar surface area (TPSA) is 51.2 Å². The number of hydroxylamine groups is 2. The van der Waals surface area contributed by atoms with E-state index in [2.05, 4.69) is 27.7 Å². The average Bonchev–Trinajstić information content (AvgIpc) is 2.50. The number of piperidine rings is 1. The van der Waals surface area contributed by atoms with Gasteiger partial charge in [-0.15, -0.1) is 12.4 Å². The number of benzene rings is 1. The second kappa shape index (κ2) is 7.38. The fourth-order valence-electron chi connectivity index (χ4n) is 3.84. The number of nitrogens with zero attached hydrogens (tertiary/aromatic N) is 1. The van der Waals surface area contributed by atoms with Gasteiger partial charge in [-0.2, -0.15) is 5.06 Å². The third-order valence-corrected chi connectivity index (χ3v) is 4.80. The molecule has 138 valence electrons. The van der Waals surface area contributed by atoms with Gasteiger partial charge >= 0.3 is 0 Å². The van der Waals surface area contributed by atoms with Crippen molar-refractivity contribution in [1.82, 2.24) is 5.06 Å². The SMILES string of the molecule is COc1cc(C2CC(C)(C)N(O)C(C)(C)C2)cc(OC)c1OC.Cl. The Balaban J connectivity index is 0.00000288. The first-order valence-corrected chi connectivity index (χ1v) is 7.95. The highest BCUT2D eigenvalue weighted by Crippen LogP contribution is 2.47. The number of rotatable bonds is 4. The van der Waals surface area contributed by atoms with Crippen LogP contribution in [0.1, 0.15) is 52.0 Å². The molecule has 1 aromatic carbocycles. The highest BCUT2D eigenvalue weighted by molar-refractivity contribution is 5.85. The third kappa shape index (κ3) is 3.73.